The molecule has 1 aromatic heterocycles. The lowest BCUT2D eigenvalue weighted by atomic mass is 10.2. The molecule has 1 aromatic carbocycles. The van der Waals surface area contributed by atoms with E-state index in [1.54, 1.807) is 6.92 Å². The SMILES string of the molecule is C[C@H](OC(=O)C1=NNC(=O)CC1)c1nc2ccccc2s1. The average Bonchev–Trinajstić information content (AvgIpc) is 2.92. The van der Waals surface area contributed by atoms with E-state index in [0.717, 1.165) is 15.2 Å². The molecular formula is C14H13N3O3S. The van der Waals surface area contributed by atoms with Crippen molar-refractivity contribution in [1.82, 2.24) is 10.4 Å². The molecule has 0 bridgehead atoms. The van der Waals surface area contributed by atoms with Gasteiger partial charge in [-0.25, -0.2) is 15.2 Å². The van der Waals surface area contributed by atoms with E-state index in [-0.39, 0.29) is 18.0 Å². The van der Waals surface area contributed by atoms with Gasteiger partial charge in [0.05, 0.1) is 10.2 Å². The van der Waals surface area contributed by atoms with Crippen molar-refractivity contribution in [1.29, 1.82) is 0 Å². The van der Waals surface area contributed by atoms with Crippen molar-refractivity contribution in [3.8, 4) is 0 Å². The fourth-order valence-electron chi connectivity index (χ4n) is 1.96. The van der Waals surface area contributed by atoms with Crippen LogP contribution in [0.25, 0.3) is 10.2 Å². The molecule has 1 amide bonds. The lowest BCUT2D eigenvalue weighted by Crippen LogP contribution is -2.31. The van der Waals surface area contributed by atoms with Gasteiger partial charge in [0.25, 0.3) is 0 Å². The van der Waals surface area contributed by atoms with Crippen LogP contribution in [0.2, 0.25) is 0 Å². The molecule has 1 N–H and O–H groups in total. The maximum absolute atomic E-state index is 12.0. The fourth-order valence-corrected chi connectivity index (χ4v) is 2.91. The Labute approximate surface area is 124 Å². The number of nitrogens with one attached hydrogen (secondary N) is 1. The Morgan fingerprint density at radius 3 is 2.90 bits per heavy atom. The van der Waals surface area contributed by atoms with Crippen molar-refractivity contribution in [2.75, 3.05) is 0 Å². The van der Waals surface area contributed by atoms with Crippen molar-refractivity contribution in [3.05, 3.63) is 29.3 Å². The van der Waals surface area contributed by atoms with Crippen LogP contribution in [-0.2, 0) is 14.3 Å². The van der Waals surface area contributed by atoms with Gasteiger partial charge in [-0.3, -0.25) is 4.79 Å². The first-order valence-corrected chi connectivity index (χ1v) is 7.37. The molecule has 3 rings (SSSR count). The summed E-state index contributed by atoms with van der Waals surface area (Å²) in [5, 5.41) is 4.47. The first-order valence-electron chi connectivity index (χ1n) is 6.55. The molecule has 0 radical (unpaired) electrons. The first kappa shape index (κ1) is 13.7. The van der Waals surface area contributed by atoms with Gasteiger partial charge in [-0.15, -0.1) is 11.3 Å². The number of ether oxygens (including phenoxy) is 1. The molecule has 1 atom stereocenters. The molecule has 21 heavy (non-hydrogen) atoms. The van der Waals surface area contributed by atoms with Gasteiger partial charge in [-0.1, -0.05) is 12.1 Å². The number of amides is 1. The predicted octanol–water partition coefficient (Wildman–Crippen LogP) is 2.17. The number of para-hydroxylation sites is 1. The van der Waals surface area contributed by atoms with Gasteiger partial charge < -0.3 is 4.74 Å². The number of benzene rings is 1. The smallest absolute Gasteiger partial charge is 0.355 e. The molecule has 0 saturated carbocycles. The Kier molecular flexibility index (Phi) is 3.66. The number of fused-ring (bicyclic) bond motifs is 1. The van der Waals surface area contributed by atoms with Gasteiger partial charge >= 0.3 is 5.97 Å². The van der Waals surface area contributed by atoms with Gasteiger partial charge in [0.15, 0.2) is 6.10 Å². The van der Waals surface area contributed by atoms with Crippen LogP contribution in [0.15, 0.2) is 29.4 Å². The van der Waals surface area contributed by atoms with Crippen LogP contribution in [0.1, 0.15) is 30.9 Å². The molecule has 0 unspecified atom stereocenters. The summed E-state index contributed by atoms with van der Waals surface area (Å²) in [7, 11) is 0. The minimum atomic E-state index is -0.512. The highest BCUT2D eigenvalue weighted by Gasteiger charge is 2.23. The number of thiazole rings is 1. The van der Waals surface area contributed by atoms with Gasteiger partial charge in [0, 0.05) is 12.8 Å². The minimum Gasteiger partial charge on any atom is -0.451 e. The normalized spacial score (nSPS) is 16.2. The highest BCUT2D eigenvalue weighted by Crippen LogP contribution is 2.28. The molecule has 0 aliphatic carbocycles. The van der Waals surface area contributed by atoms with E-state index in [9.17, 15) is 9.59 Å². The van der Waals surface area contributed by atoms with Crippen LogP contribution in [0, 0.1) is 0 Å². The summed E-state index contributed by atoms with van der Waals surface area (Å²) in [6.07, 6.45) is 0.107. The number of hydrazone groups is 1. The second-order valence-corrected chi connectivity index (χ2v) is 5.72. The van der Waals surface area contributed by atoms with Crippen LogP contribution >= 0.6 is 11.3 Å². The van der Waals surface area contributed by atoms with Crippen LogP contribution in [0.3, 0.4) is 0 Å². The topological polar surface area (TPSA) is 80.6 Å². The van der Waals surface area contributed by atoms with E-state index in [1.165, 1.54) is 11.3 Å². The summed E-state index contributed by atoms with van der Waals surface area (Å²) >= 11 is 1.50. The summed E-state index contributed by atoms with van der Waals surface area (Å²) in [6, 6.07) is 7.76. The summed E-state index contributed by atoms with van der Waals surface area (Å²) in [4.78, 5) is 27.4. The third-order valence-electron chi connectivity index (χ3n) is 3.08. The molecule has 0 spiro atoms. The van der Waals surface area contributed by atoms with Crippen LogP contribution in [-0.4, -0.2) is 22.6 Å². The van der Waals surface area contributed by atoms with E-state index >= 15 is 0 Å². The monoisotopic (exact) mass is 303 g/mol. The number of esters is 1. The van der Waals surface area contributed by atoms with E-state index in [0.29, 0.717) is 6.42 Å². The van der Waals surface area contributed by atoms with E-state index in [2.05, 4.69) is 15.5 Å². The Balaban J connectivity index is 1.72. The van der Waals surface area contributed by atoms with Gasteiger partial charge in [-0.2, -0.15) is 5.10 Å². The standard InChI is InChI=1S/C14H13N3O3S/c1-8(13-15-9-4-2-3-5-11(9)21-13)20-14(19)10-6-7-12(18)17-16-10/h2-5,8H,6-7H2,1H3,(H,17,18)/t8-/m0/s1. The van der Waals surface area contributed by atoms with Crippen molar-refractivity contribution in [2.45, 2.75) is 25.9 Å². The zero-order valence-corrected chi connectivity index (χ0v) is 12.1. The Bertz CT molecular complexity index is 705. The number of nitrogens with zero attached hydrogens (tertiary/aromatic N) is 2. The Morgan fingerprint density at radius 1 is 1.38 bits per heavy atom. The van der Waals surface area contributed by atoms with Crippen molar-refractivity contribution in [2.24, 2.45) is 5.10 Å². The molecule has 2 heterocycles. The maximum Gasteiger partial charge on any atom is 0.355 e. The quantitative estimate of drug-likeness (QED) is 0.881. The zero-order valence-electron chi connectivity index (χ0n) is 11.3. The van der Waals surface area contributed by atoms with Gasteiger partial charge in [0.1, 0.15) is 10.7 Å². The largest absolute Gasteiger partial charge is 0.451 e. The minimum absolute atomic E-state index is 0.189. The average molecular weight is 303 g/mol. The molecule has 1 aliphatic heterocycles. The predicted molar refractivity (Wildman–Crippen MR) is 78.9 cm³/mol. The third-order valence-corrected chi connectivity index (χ3v) is 4.28. The fraction of sp³-hybridized carbons (Fsp3) is 0.286. The molecule has 6 nitrogen and oxygen atoms in total. The molecule has 2 aromatic rings. The van der Waals surface area contributed by atoms with E-state index in [4.69, 9.17) is 4.74 Å². The van der Waals surface area contributed by atoms with Gasteiger partial charge in [0.2, 0.25) is 5.91 Å². The van der Waals surface area contributed by atoms with Crippen molar-refractivity contribution in [3.63, 3.8) is 0 Å². The second kappa shape index (κ2) is 5.61. The summed E-state index contributed by atoms with van der Waals surface area (Å²) in [5.74, 6) is -0.701. The summed E-state index contributed by atoms with van der Waals surface area (Å²) < 4.78 is 6.42. The number of aromatic nitrogens is 1. The van der Waals surface area contributed by atoms with E-state index in [1.807, 2.05) is 24.3 Å². The van der Waals surface area contributed by atoms with Crippen molar-refractivity contribution >= 4 is 39.1 Å². The number of hydrogen-bond donors (Lipinski definition) is 1. The van der Waals surface area contributed by atoms with Gasteiger partial charge in [-0.05, 0) is 19.1 Å². The van der Waals surface area contributed by atoms with Crippen LogP contribution < -0.4 is 5.43 Å². The molecule has 0 fully saturated rings. The van der Waals surface area contributed by atoms with Crippen LogP contribution in [0.5, 0.6) is 0 Å². The highest BCUT2D eigenvalue weighted by atomic mass is 32.1. The Morgan fingerprint density at radius 2 is 2.19 bits per heavy atom. The Hall–Kier alpha value is -2.28. The molecule has 0 saturated heterocycles. The summed E-state index contributed by atoms with van der Waals surface area (Å²) in [5.41, 5.74) is 3.41. The lowest BCUT2D eigenvalue weighted by Gasteiger charge is -2.14. The van der Waals surface area contributed by atoms with E-state index < -0.39 is 12.1 Å². The van der Waals surface area contributed by atoms with Crippen LogP contribution in [0.4, 0.5) is 0 Å². The molecule has 1 aliphatic rings. The lowest BCUT2D eigenvalue weighted by molar-refractivity contribution is -0.140. The molecular weight excluding hydrogens is 290 g/mol. The number of carbonyl (C=O) groups is 2. The number of rotatable bonds is 3. The summed E-state index contributed by atoms with van der Waals surface area (Å²) in [6.45, 7) is 1.78. The third kappa shape index (κ3) is 2.92. The highest BCUT2D eigenvalue weighted by molar-refractivity contribution is 7.18. The molecule has 7 heteroatoms. The first-order chi connectivity index (χ1) is 10.1. The molecule has 108 valence electrons. The number of carbonyl (C=O) groups excluding carboxylic acids is 2. The zero-order chi connectivity index (χ0) is 14.8. The number of hydrogen-bond acceptors (Lipinski definition) is 6. The maximum atomic E-state index is 12.0. The second-order valence-electron chi connectivity index (χ2n) is 4.66. The van der Waals surface area contributed by atoms with Crippen molar-refractivity contribution < 1.29 is 14.3 Å².